The Hall–Kier alpha value is -2.67. The van der Waals surface area contributed by atoms with Gasteiger partial charge in [0, 0.05) is 5.56 Å². The average molecular weight is 318 g/mol. The quantitative estimate of drug-likeness (QED) is 0.646. The van der Waals surface area contributed by atoms with E-state index in [1.165, 1.54) is 6.26 Å². The number of amides is 1. The first kappa shape index (κ1) is 15.7. The maximum atomic E-state index is 11.9. The van der Waals surface area contributed by atoms with E-state index in [0.29, 0.717) is 11.3 Å². The summed E-state index contributed by atoms with van der Waals surface area (Å²) in [6.45, 7) is -0.0603. The molecule has 1 aromatic carbocycles. The Balaban J connectivity index is 1.83. The van der Waals surface area contributed by atoms with Crippen molar-refractivity contribution in [2.24, 2.45) is 0 Å². The average Bonchev–Trinajstić information content (AvgIpc) is 3.07. The third-order valence-corrected chi connectivity index (χ3v) is 3.03. The minimum atomic E-state index is -0.370. The van der Waals surface area contributed by atoms with Crippen LogP contribution in [0.2, 0.25) is 0 Å². The second-order valence-corrected chi connectivity index (χ2v) is 4.67. The number of hydrogen-bond donors (Lipinski definition) is 2. The zero-order chi connectivity index (χ0) is 15.9. The van der Waals surface area contributed by atoms with Gasteiger partial charge in [-0.05, 0) is 48.6 Å². The fourth-order valence-corrected chi connectivity index (χ4v) is 1.81. The normalized spacial score (nSPS) is 9.86. The number of rotatable bonds is 5. The molecule has 2 N–H and O–H groups in total. The summed E-state index contributed by atoms with van der Waals surface area (Å²) in [6.07, 6.45) is 1.41. The van der Waals surface area contributed by atoms with E-state index in [-0.39, 0.29) is 29.1 Å². The van der Waals surface area contributed by atoms with Gasteiger partial charge in [-0.3, -0.25) is 14.9 Å². The molecule has 0 radical (unpaired) electrons. The highest BCUT2D eigenvalue weighted by Crippen LogP contribution is 2.10. The third-order valence-electron chi connectivity index (χ3n) is 2.78. The molecule has 0 aliphatic rings. The van der Waals surface area contributed by atoms with E-state index in [4.69, 9.17) is 21.4 Å². The largest absolute Gasteiger partial charge is 0.497 e. The van der Waals surface area contributed by atoms with Crippen LogP contribution in [0.25, 0.3) is 0 Å². The molecular formula is C15H14N2O4S. The maximum absolute atomic E-state index is 11.9. The standard InChI is InChI=1S/C15H14N2O4S/c1-20-11-6-4-10(5-7-11)14(19)17-15(22)16-9-12(18)13-3-2-8-21-13/h2-8H,9H2,1H3,(H2,16,17,19,22). The molecule has 0 bridgehead atoms. The first-order chi connectivity index (χ1) is 10.6. The summed E-state index contributed by atoms with van der Waals surface area (Å²) in [7, 11) is 1.55. The Labute approximate surface area is 132 Å². The van der Waals surface area contributed by atoms with Crippen LogP contribution in [0.1, 0.15) is 20.9 Å². The maximum Gasteiger partial charge on any atom is 0.257 e. The Kier molecular flexibility index (Phi) is 5.26. The second kappa shape index (κ2) is 7.37. The molecule has 6 nitrogen and oxygen atoms in total. The van der Waals surface area contributed by atoms with Gasteiger partial charge in [-0.25, -0.2) is 0 Å². The van der Waals surface area contributed by atoms with Crippen molar-refractivity contribution < 1.29 is 18.7 Å². The van der Waals surface area contributed by atoms with Crippen LogP contribution in [0.4, 0.5) is 0 Å². The van der Waals surface area contributed by atoms with Gasteiger partial charge in [-0.15, -0.1) is 0 Å². The van der Waals surface area contributed by atoms with Crippen LogP contribution in [-0.2, 0) is 0 Å². The predicted octanol–water partition coefficient (Wildman–Crippen LogP) is 1.78. The van der Waals surface area contributed by atoms with Crippen molar-refractivity contribution in [2.75, 3.05) is 13.7 Å². The number of carbonyl (C=O) groups excluding carboxylic acids is 2. The number of thiocarbonyl (C=S) groups is 1. The molecule has 114 valence electrons. The number of carbonyl (C=O) groups is 2. The van der Waals surface area contributed by atoms with Gasteiger partial charge in [-0.2, -0.15) is 0 Å². The highest BCUT2D eigenvalue weighted by Gasteiger charge is 2.11. The number of Topliss-reactive ketones (excluding diaryl/α,β-unsaturated/α-hetero) is 1. The van der Waals surface area contributed by atoms with Crippen molar-refractivity contribution in [2.45, 2.75) is 0 Å². The SMILES string of the molecule is COc1ccc(C(=O)NC(=S)NCC(=O)c2ccco2)cc1. The lowest BCUT2D eigenvalue weighted by Crippen LogP contribution is -2.41. The Morgan fingerprint density at radius 1 is 1.23 bits per heavy atom. The highest BCUT2D eigenvalue weighted by molar-refractivity contribution is 7.80. The topological polar surface area (TPSA) is 80.6 Å². The summed E-state index contributed by atoms with van der Waals surface area (Å²) in [5.41, 5.74) is 0.433. The molecule has 0 fully saturated rings. The minimum Gasteiger partial charge on any atom is -0.497 e. The summed E-state index contributed by atoms with van der Waals surface area (Å²) < 4.78 is 9.98. The van der Waals surface area contributed by atoms with E-state index in [9.17, 15) is 9.59 Å². The zero-order valence-electron chi connectivity index (χ0n) is 11.8. The highest BCUT2D eigenvalue weighted by atomic mass is 32.1. The summed E-state index contributed by atoms with van der Waals surface area (Å²) in [5.74, 6) is 0.259. The first-order valence-electron chi connectivity index (χ1n) is 6.40. The Morgan fingerprint density at radius 2 is 1.95 bits per heavy atom. The molecule has 0 spiro atoms. The molecule has 0 aliphatic heterocycles. The van der Waals surface area contributed by atoms with Gasteiger partial charge in [0.2, 0.25) is 5.78 Å². The number of ketones is 1. The number of hydrogen-bond acceptors (Lipinski definition) is 5. The van der Waals surface area contributed by atoms with Crippen LogP contribution in [0.3, 0.4) is 0 Å². The smallest absolute Gasteiger partial charge is 0.257 e. The van der Waals surface area contributed by atoms with Gasteiger partial charge in [0.1, 0.15) is 5.75 Å². The van der Waals surface area contributed by atoms with Crippen molar-refractivity contribution in [3.8, 4) is 5.75 Å². The molecule has 0 unspecified atom stereocenters. The van der Waals surface area contributed by atoms with E-state index >= 15 is 0 Å². The molecule has 1 amide bonds. The van der Waals surface area contributed by atoms with Crippen LogP contribution < -0.4 is 15.4 Å². The van der Waals surface area contributed by atoms with Gasteiger partial charge in [0.05, 0.1) is 19.9 Å². The Bertz CT molecular complexity index is 665. The molecule has 2 aromatic rings. The molecule has 22 heavy (non-hydrogen) atoms. The number of ether oxygens (including phenoxy) is 1. The van der Waals surface area contributed by atoms with Crippen molar-refractivity contribution in [3.05, 3.63) is 54.0 Å². The molecule has 0 aliphatic carbocycles. The number of nitrogens with one attached hydrogen (secondary N) is 2. The van der Waals surface area contributed by atoms with Crippen molar-refractivity contribution in [1.82, 2.24) is 10.6 Å². The van der Waals surface area contributed by atoms with Crippen LogP contribution in [-0.4, -0.2) is 30.5 Å². The molecule has 2 rings (SSSR count). The minimum absolute atomic E-state index is 0.0603. The van der Waals surface area contributed by atoms with Gasteiger partial charge in [0.25, 0.3) is 5.91 Å². The predicted molar refractivity (Wildman–Crippen MR) is 84.1 cm³/mol. The first-order valence-corrected chi connectivity index (χ1v) is 6.81. The van der Waals surface area contributed by atoms with E-state index in [1.54, 1.807) is 43.5 Å². The monoisotopic (exact) mass is 318 g/mol. The lowest BCUT2D eigenvalue weighted by Gasteiger charge is -2.08. The molecular weight excluding hydrogens is 304 g/mol. The summed E-state index contributed by atoms with van der Waals surface area (Å²) >= 11 is 4.98. The fourth-order valence-electron chi connectivity index (χ4n) is 1.65. The Morgan fingerprint density at radius 3 is 2.55 bits per heavy atom. The lowest BCUT2D eigenvalue weighted by atomic mass is 10.2. The summed E-state index contributed by atoms with van der Waals surface area (Å²) in [5, 5.41) is 5.22. The van der Waals surface area contributed by atoms with Crippen molar-refractivity contribution >= 4 is 29.0 Å². The van der Waals surface area contributed by atoms with E-state index in [2.05, 4.69) is 10.6 Å². The molecule has 0 saturated heterocycles. The third kappa shape index (κ3) is 4.16. The summed E-state index contributed by atoms with van der Waals surface area (Å²) in [4.78, 5) is 23.6. The van der Waals surface area contributed by atoms with Gasteiger partial charge >= 0.3 is 0 Å². The lowest BCUT2D eigenvalue weighted by molar-refractivity contribution is 0.0957. The van der Waals surface area contributed by atoms with Gasteiger partial charge in [-0.1, -0.05) is 0 Å². The van der Waals surface area contributed by atoms with Crippen LogP contribution >= 0.6 is 12.2 Å². The van der Waals surface area contributed by atoms with E-state index in [1.807, 2.05) is 0 Å². The van der Waals surface area contributed by atoms with Gasteiger partial charge < -0.3 is 14.5 Å². The number of benzene rings is 1. The zero-order valence-corrected chi connectivity index (χ0v) is 12.6. The molecule has 1 aromatic heterocycles. The van der Waals surface area contributed by atoms with E-state index < -0.39 is 0 Å². The van der Waals surface area contributed by atoms with Crippen molar-refractivity contribution in [3.63, 3.8) is 0 Å². The van der Waals surface area contributed by atoms with Gasteiger partial charge in [0.15, 0.2) is 10.9 Å². The summed E-state index contributed by atoms with van der Waals surface area (Å²) in [6, 6.07) is 9.76. The van der Waals surface area contributed by atoms with Crippen LogP contribution in [0, 0.1) is 0 Å². The number of methoxy groups -OCH3 is 1. The number of furan rings is 1. The van der Waals surface area contributed by atoms with Crippen LogP contribution in [0.15, 0.2) is 47.1 Å². The molecule has 7 heteroatoms. The molecule has 1 heterocycles. The van der Waals surface area contributed by atoms with Crippen molar-refractivity contribution in [1.29, 1.82) is 0 Å². The molecule has 0 atom stereocenters. The van der Waals surface area contributed by atoms with Crippen LogP contribution in [0.5, 0.6) is 5.75 Å². The second-order valence-electron chi connectivity index (χ2n) is 4.27. The molecule has 0 saturated carbocycles. The van der Waals surface area contributed by atoms with E-state index in [0.717, 1.165) is 0 Å². The fraction of sp³-hybridized carbons (Fsp3) is 0.133.